The maximum atomic E-state index is 12.1. The van der Waals surface area contributed by atoms with Crippen molar-refractivity contribution in [2.45, 2.75) is 44.6 Å². The first-order valence-corrected chi connectivity index (χ1v) is 6.99. The second kappa shape index (κ2) is 5.69. The van der Waals surface area contributed by atoms with Crippen molar-refractivity contribution in [3.63, 3.8) is 0 Å². The number of hydrogen-bond acceptors (Lipinski definition) is 3. The average molecular weight is 253 g/mol. The van der Waals surface area contributed by atoms with Crippen LogP contribution in [0.4, 0.5) is 0 Å². The Morgan fingerprint density at radius 2 is 2.00 bits per heavy atom. The molecule has 2 rings (SSSR count). The molecule has 2 aliphatic rings. The van der Waals surface area contributed by atoms with Crippen LogP contribution in [-0.4, -0.2) is 37.0 Å². The molecule has 1 saturated heterocycles. The van der Waals surface area contributed by atoms with E-state index in [1.165, 1.54) is 0 Å². The summed E-state index contributed by atoms with van der Waals surface area (Å²) in [7, 11) is 0. The van der Waals surface area contributed by atoms with Gasteiger partial charge in [-0.1, -0.05) is 6.92 Å². The predicted octanol–water partition coefficient (Wildman–Crippen LogP) is 0.161. The molecule has 0 aromatic rings. The summed E-state index contributed by atoms with van der Waals surface area (Å²) in [6.45, 7) is 3.99. The fraction of sp³-hybridized carbons (Fsp3) is 0.846. The molecule has 18 heavy (non-hydrogen) atoms. The van der Waals surface area contributed by atoms with Gasteiger partial charge in [0.05, 0.1) is 5.54 Å². The third kappa shape index (κ3) is 3.02. The van der Waals surface area contributed by atoms with Gasteiger partial charge in [0.25, 0.3) is 0 Å². The van der Waals surface area contributed by atoms with E-state index in [2.05, 4.69) is 16.0 Å². The minimum absolute atomic E-state index is 0.0724. The molecule has 0 aromatic heterocycles. The normalized spacial score (nSPS) is 26.9. The van der Waals surface area contributed by atoms with Crippen molar-refractivity contribution in [3.8, 4) is 0 Å². The molecule has 5 nitrogen and oxygen atoms in total. The Kier molecular flexibility index (Phi) is 4.22. The minimum Gasteiger partial charge on any atom is -0.354 e. The lowest BCUT2D eigenvalue weighted by molar-refractivity contribution is -0.127. The summed E-state index contributed by atoms with van der Waals surface area (Å²) in [6.07, 6.45) is 4.80. The molecule has 5 heteroatoms. The highest BCUT2D eigenvalue weighted by Crippen LogP contribution is 2.28. The van der Waals surface area contributed by atoms with Crippen LogP contribution in [0.25, 0.3) is 0 Å². The summed E-state index contributed by atoms with van der Waals surface area (Å²) in [5.74, 6) is 0.441. The summed E-state index contributed by atoms with van der Waals surface area (Å²) in [4.78, 5) is 23.5. The van der Waals surface area contributed by atoms with Crippen LogP contribution >= 0.6 is 0 Å². The van der Waals surface area contributed by atoms with E-state index in [0.29, 0.717) is 13.1 Å². The van der Waals surface area contributed by atoms with Crippen molar-refractivity contribution in [2.24, 2.45) is 5.92 Å². The molecule has 0 spiro atoms. The van der Waals surface area contributed by atoms with Gasteiger partial charge >= 0.3 is 0 Å². The van der Waals surface area contributed by atoms with Gasteiger partial charge in [0.15, 0.2) is 0 Å². The van der Waals surface area contributed by atoms with Gasteiger partial charge in [0, 0.05) is 19.0 Å². The zero-order valence-electron chi connectivity index (χ0n) is 11.1. The van der Waals surface area contributed by atoms with Crippen molar-refractivity contribution in [1.82, 2.24) is 16.0 Å². The quantitative estimate of drug-likeness (QED) is 0.591. The summed E-state index contributed by atoms with van der Waals surface area (Å²) in [5.41, 5.74) is -0.375. The number of carbonyl (C=O) groups is 2. The molecule has 0 aromatic carbocycles. The fourth-order valence-corrected chi connectivity index (χ4v) is 2.48. The lowest BCUT2D eigenvalue weighted by atomic mass is 9.93. The Balaban J connectivity index is 1.66. The zero-order valence-corrected chi connectivity index (χ0v) is 11.1. The van der Waals surface area contributed by atoms with E-state index in [1.54, 1.807) is 0 Å². The summed E-state index contributed by atoms with van der Waals surface area (Å²) in [5, 5.41) is 9.06. The topological polar surface area (TPSA) is 70.2 Å². The first-order chi connectivity index (χ1) is 8.68. The Labute approximate surface area is 108 Å². The van der Waals surface area contributed by atoms with Gasteiger partial charge < -0.3 is 16.0 Å². The van der Waals surface area contributed by atoms with Crippen LogP contribution in [0, 0.1) is 5.92 Å². The van der Waals surface area contributed by atoms with E-state index < -0.39 is 0 Å². The van der Waals surface area contributed by atoms with Crippen LogP contribution in [0.3, 0.4) is 0 Å². The number of amides is 2. The van der Waals surface area contributed by atoms with Gasteiger partial charge in [-0.15, -0.1) is 0 Å². The van der Waals surface area contributed by atoms with Crippen LogP contribution in [0.5, 0.6) is 0 Å². The van der Waals surface area contributed by atoms with Gasteiger partial charge in [0.2, 0.25) is 11.8 Å². The van der Waals surface area contributed by atoms with E-state index in [4.69, 9.17) is 0 Å². The highest BCUT2D eigenvalue weighted by atomic mass is 16.2. The molecule has 1 heterocycles. The molecule has 0 bridgehead atoms. The molecule has 1 atom stereocenters. The number of carbonyl (C=O) groups excluding carboxylic acids is 2. The van der Waals surface area contributed by atoms with Crippen LogP contribution in [0.15, 0.2) is 0 Å². The fourth-order valence-electron chi connectivity index (χ4n) is 2.48. The molecule has 1 unspecified atom stereocenters. The molecule has 102 valence electrons. The van der Waals surface area contributed by atoms with Crippen LogP contribution < -0.4 is 16.0 Å². The van der Waals surface area contributed by atoms with Crippen LogP contribution in [0.1, 0.15) is 39.0 Å². The largest absolute Gasteiger partial charge is 0.354 e. The maximum Gasteiger partial charge on any atom is 0.240 e. The Morgan fingerprint density at radius 3 is 2.56 bits per heavy atom. The van der Waals surface area contributed by atoms with Crippen LogP contribution in [-0.2, 0) is 9.59 Å². The monoisotopic (exact) mass is 253 g/mol. The van der Waals surface area contributed by atoms with E-state index in [-0.39, 0.29) is 23.3 Å². The van der Waals surface area contributed by atoms with Gasteiger partial charge in [-0.05, 0) is 38.6 Å². The third-order valence-electron chi connectivity index (χ3n) is 3.94. The summed E-state index contributed by atoms with van der Waals surface area (Å²) >= 11 is 0. The van der Waals surface area contributed by atoms with E-state index >= 15 is 0 Å². The first-order valence-electron chi connectivity index (χ1n) is 6.99. The van der Waals surface area contributed by atoms with Crippen molar-refractivity contribution in [2.75, 3.05) is 19.6 Å². The molecule has 0 radical (unpaired) electrons. The molecule has 1 aliphatic carbocycles. The number of nitrogens with one attached hydrogen (secondary N) is 3. The Bertz CT molecular complexity index is 320. The standard InChI is InChI=1S/C13H23N3O2/c1-2-13(6-3-7-16-13)12(18)15-9-8-14-11(17)10-4-5-10/h10,16H,2-9H2,1H3,(H,14,17)(H,15,18). The molecule has 1 aliphatic heterocycles. The van der Waals surface area contributed by atoms with Gasteiger partial charge in [-0.2, -0.15) is 0 Å². The van der Waals surface area contributed by atoms with Gasteiger partial charge in [-0.25, -0.2) is 0 Å². The third-order valence-corrected chi connectivity index (χ3v) is 3.94. The SMILES string of the molecule is CCC1(C(=O)NCCNC(=O)C2CC2)CCCN1. The van der Waals surface area contributed by atoms with E-state index in [0.717, 1.165) is 38.6 Å². The first kappa shape index (κ1) is 13.3. The highest BCUT2D eigenvalue weighted by Gasteiger charge is 2.38. The highest BCUT2D eigenvalue weighted by molar-refractivity contribution is 5.86. The average Bonchev–Trinajstić information content (AvgIpc) is 3.12. The Morgan fingerprint density at radius 1 is 1.28 bits per heavy atom. The number of hydrogen-bond donors (Lipinski definition) is 3. The lowest BCUT2D eigenvalue weighted by Gasteiger charge is -2.26. The second-order valence-corrected chi connectivity index (χ2v) is 5.29. The molecule has 2 amide bonds. The van der Waals surface area contributed by atoms with Gasteiger partial charge in [0.1, 0.15) is 0 Å². The summed E-state index contributed by atoms with van der Waals surface area (Å²) in [6, 6.07) is 0. The molecule has 3 N–H and O–H groups in total. The number of rotatable bonds is 6. The van der Waals surface area contributed by atoms with E-state index in [9.17, 15) is 9.59 Å². The summed E-state index contributed by atoms with van der Waals surface area (Å²) < 4.78 is 0. The smallest absolute Gasteiger partial charge is 0.240 e. The molecular formula is C13H23N3O2. The maximum absolute atomic E-state index is 12.1. The molecule has 2 fully saturated rings. The van der Waals surface area contributed by atoms with Crippen molar-refractivity contribution >= 4 is 11.8 Å². The zero-order chi connectivity index (χ0) is 13.0. The Hall–Kier alpha value is -1.10. The van der Waals surface area contributed by atoms with Crippen molar-refractivity contribution in [1.29, 1.82) is 0 Å². The van der Waals surface area contributed by atoms with E-state index in [1.807, 2.05) is 6.92 Å². The van der Waals surface area contributed by atoms with Crippen molar-refractivity contribution < 1.29 is 9.59 Å². The van der Waals surface area contributed by atoms with Crippen LogP contribution in [0.2, 0.25) is 0 Å². The second-order valence-electron chi connectivity index (χ2n) is 5.29. The predicted molar refractivity (Wildman–Crippen MR) is 69.0 cm³/mol. The van der Waals surface area contributed by atoms with Gasteiger partial charge in [-0.3, -0.25) is 9.59 Å². The minimum atomic E-state index is -0.375. The van der Waals surface area contributed by atoms with Crippen molar-refractivity contribution in [3.05, 3.63) is 0 Å². The molecule has 1 saturated carbocycles. The lowest BCUT2D eigenvalue weighted by Crippen LogP contribution is -2.54. The molecular weight excluding hydrogens is 230 g/mol.